The lowest BCUT2D eigenvalue weighted by molar-refractivity contribution is -0.137. The minimum Gasteiger partial charge on any atom is -0.394 e. The molecule has 0 aromatic carbocycles. The van der Waals surface area contributed by atoms with Crippen molar-refractivity contribution in [1.82, 2.24) is 10.2 Å². The first-order valence-electron chi connectivity index (χ1n) is 5.37. The molecule has 2 aliphatic rings. The molecular weight excluding hydrogens is 248 g/mol. The van der Waals surface area contributed by atoms with Gasteiger partial charge in [-0.2, -0.15) is 0 Å². The lowest BCUT2D eigenvalue weighted by atomic mass is 10.1. The van der Waals surface area contributed by atoms with Crippen LogP contribution >= 0.6 is 0 Å². The molecule has 2 fully saturated rings. The van der Waals surface area contributed by atoms with Crippen LogP contribution in [0.15, 0.2) is 0 Å². The number of ether oxygens (including phenoxy) is 1. The predicted molar refractivity (Wildman–Crippen MR) is 54.0 cm³/mol. The highest BCUT2D eigenvalue weighted by Crippen LogP contribution is 2.25. The normalized spacial score (nSPS) is 41.1. The number of amides is 3. The minimum atomic E-state index is -1.43. The van der Waals surface area contributed by atoms with Crippen molar-refractivity contribution in [3.8, 4) is 0 Å². The van der Waals surface area contributed by atoms with E-state index >= 15 is 0 Å². The number of β-amino-alcohol motifs (C(OH)–C–C–N with tert-alkyl or cyclic N) is 1. The second-order valence-corrected chi connectivity index (χ2v) is 4.19. The molecule has 102 valence electrons. The van der Waals surface area contributed by atoms with Gasteiger partial charge in [0.2, 0.25) is 0 Å². The second kappa shape index (κ2) is 4.78. The van der Waals surface area contributed by atoms with Crippen molar-refractivity contribution in [2.45, 2.75) is 30.6 Å². The predicted octanol–water partition coefficient (Wildman–Crippen LogP) is -3.66. The van der Waals surface area contributed by atoms with Crippen LogP contribution in [-0.4, -0.2) is 81.1 Å². The molecule has 2 rings (SSSR count). The lowest BCUT2D eigenvalue weighted by Gasteiger charge is -2.34. The van der Waals surface area contributed by atoms with Crippen molar-refractivity contribution in [1.29, 1.82) is 0 Å². The summed E-state index contributed by atoms with van der Waals surface area (Å²) in [6.45, 7) is -0.872. The molecule has 5 unspecified atom stereocenters. The van der Waals surface area contributed by atoms with E-state index in [2.05, 4.69) is 0 Å². The van der Waals surface area contributed by atoms with Crippen molar-refractivity contribution in [3.05, 3.63) is 0 Å². The van der Waals surface area contributed by atoms with Crippen LogP contribution in [-0.2, 0) is 9.53 Å². The van der Waals surface area contributed by atoms with Gasteiger partial charge in [0, 0.05) is 0 Å². The Bertz CT molecular complexity index is 363. The van der Waals surface area contributed by atoms with E-state index in [9.17, 15) is 24.9 Å². The van der Waals surface area contributed by atoms with Crippen LogP contribution in [0.5, 0.6) is 0 Å². The van der Waals surface area contributed by atoms with Crippen molar-refractivity contribution < 1.29 is 34.8 Å². The summed E-state index contributed by atoms with van der Waals surface area (Å²) in [4.78, 5) is 23.5. The molecule has 5 atom stereocenters. The molecule has 0 aromatic rings. The average Bonchev–Trinajstić information content (AvgIpc) is 2.61. The van der Waals surface area contributed by atoms with Gasteiger partial charge in [0.05, 0.1) is 13.2 Å². The topological polar surface area (TPSA) is 140 Å². The monoisotopic (exact) mass is 262 g/mol. The highest BCUT2D eigenvalue weighted by atomic mass is 16.6. The smallest absolute Gasteiger partial charge is 0.326 e. The van der Waals surface area contributed by atoms with Gasteiger partial charge >= 0.3 is 6.03 Å². The van der Waals surface area contributed by atoms with Gasteiger partial charge in [-0.1, -0.05) is 0 Å². The Morgan fingerprint density at radius 2 is 1.94 bits per heavy atom. The van der Waals surface area contributed by atoms with Crippen LogP contribution in [0.1, 0.15) is 0 Å². The Labute approximate surface area is 102 Å². The molecule has 0 bridgehead atoms. The zero-order valence-corrected chi connectivity index (χ0v) is 9.26. The number of aliphatic hydroxyl groups excluding tert-OH is 4. The number of aliphatic hydroxyl groups is 4. The Morgan fingerprint density at radius 1 is 1.28 bits per heavy atom. The Balaban J connectivity index is 2.12. The number of hydrogen-bond donors (Lipinski definition) is 5. The van der Waals surface area contributed by atoms with Gasteiger partial charge in [-0.05, 0) is 0 Å². The van der Waals surface area contributed by atoms with E-state index in [4.69, 9.17) is 9.84 Å². The summed E-state index contributed by atoms with van der Waals surface area (Å²) in [5.74, 6) is -0.831. The Morgan fingerprint density at radius 3 is 2.50 bits per heavy atom. The SMILES string of the molecule is O=C1NC(=O)N(C2OC(CO)C(O)C2O)CC1O. The number of imide groups is 1. The van der Waals surface area contributed by atoms with E-state index < -0.39 is 49.2 Å². The molecule has 9 nitrogen and oxygen atoms in total. The summed E-state index contributed by atoms with van der Waals surface area (Å²) < 4.78 is 5.12. The highest BCUT2D eigenvalue weighted by Gasteiger charge is 2.48. The van der Waals surface area contributed by atoms with E-state index in [1.165, 1.54) is 0 Å². The van der Waals surface area contributed by atoms with Crippen LogP contribution in [0.25, 0.3) is 0 Å². The van der Waals surface area contributed by atoms with Crippen molar-refractivity contribution in [2.24, 2.45) is 0 Å². The zero-order valence-electron chi connectivity index (χ0n) is 9.26. The van der Waals surface area contributed by atoms with E-state index in [1.54, 1.807) is 0 Å². The number of rotatable bonds is 2. The van der Waals surface area contributed by atoms with Gasteiger partial charge in [0.25, 0.3) is 5.91 Å². The maximum Gasteiger partial charge on any atom is 0.326 e. The summed E-state index contributed by atoms with van der Waals surface area (Å²) >= 11 is 0. The highest BCUT2D eigenvalue weighted by molar-refractivity contribution is 5.99. The molecule has 0 aliphatic carbocycles. The summed E-state index contributed by atoms with van der Waals surface area (Å²) in [6, 6.07) is -0.833. The first-order valence-corrected chi connectivity index (χ1v) is 5.37. The molecule has 9 heteroatoms. The third-order valence-corrected chi connectivity index (χ3v) is 2.99. The van der Waals surface area contributed by atoms with Crippen molar-refractivity contribution in [3.63, 3.8) is 0 Å². The number of nitrogens with one attached hydrogen (secondary N) is 1. The molecule has 5 N–H and O–H groups in total. The Hall–Kier alpha value is -1.26. The molecule has 2 aliphatic heterocycles. The van der Waals surface area contributed by atoms with Gasteiger partial charge in [-0.3, -0.25) is 15.0 Å². The van der Waals surface area contributed by atoms with Crippen molar-refractivity contribution >= 4 is 11.9 Å². The summed E-state index contributed by atoms with van der Waals surface area (Å²) in [6.07, 6.45) is -6.44. The molecule has 0 saturated carbocycles. The number of urea groups is 1. The van der Waals surface area contributed by atoms with E-state index in [1.807, 2.05) is 5.32 Å². The molecule has 0 aromatic heterocycles. The molecule has 2 heterocycles. The summed E-state index contributed by atoms with van der Waals surface area (Å²) in [5, 5.41) is 39.4. The minimum absolute atomic E-state index is 0.350. The molecular formula is C9H14N2O7. The molecule has 0 radical (unpaired) electrons. The van der Waals surface area contributed by atoms with Crippen LogP contribution < -0.4 is 5.32 Å². The zero-order chi connectivity index (χ0) is 13.4. The molecule has 3 amide bonds. The number of carbonyl (C=O) groups excluding carboxylic acids is 2. The van der Waals surface area contributed by atoms with E-state index in [-0.39, 0.29) is 6.54 Å². The quantitative estimate of drug-likeness (QED) is 0.345. The van der Waals surface area contributed by atoms with Crippen LogP contribution in [0.4, 0.5) is 4.79 Å². The number of hydrogen-bond acceptors (Lipinski definition) is 7. The van der Waals surface area contributed by atoms with Crippen molar-refractivity contribution in [2.75, 3.05) is 13.2 Å². The molecule has 2 saturated heterocycles. The van der Waals surface area contributed by atoms with Gasteiger partial charge in [-0.15, -0.1) is 0 Å². The first kappa shape index (κ1) is 13.2. The van der Waals surface area contributed by atoms with Gasteiger partial charge in [0.1, 0.15) is 18.3 Å². The van der Waals surface area contributed by atoms with E-state index in [0.29, 0.717) is 0 Å². The van der Waals surface area contributed by atoms with Gasteiger partial charge < -0.3 is 25.2 Å². The number of carbonyl (C=O) groups is 2. The maximum absolute atomic E-state index is 11.5. The molecule has 18 heavy (non-hydrogen) atoms. The third-order valence-electron chi connectivity index (χ3n) is 2.99. The third kappa shape index (κ3) is 2.06. The van der Waals surface area contributed by atoms with E-state index in [0.717, 1.165) is 4.90 Å². The largest absolute Gasteiger partial charge is 0.394 e. The van der Waals surface area contributed by atoms with Crippen LogP contribution in [0.3, 0.4) is 0 Å². The van der Waals surface area contributed by atoms with Crippen LogP contribution in [0.2, 0.25) is 0 Å². The average molecular weight is 262 g/mol. The summed E-state index contributed by atoms with van der Waals surface area (Å²) in [5.41, 5.74) is 0. The fourth-order valence-electron chi connectivity index (χ4n) is 1.97. The first-order chi connectivity index (χ1) is 8.45. The second-order valence-electron chi connectivity index (χ2n) is 4.19. The fraction of sp³-hybridized carbons (Fsp3) is 0.778. The molecule has 0 spiro atoms. The number of nitrogens with zero attached hydrogens (tertiary/aromatic N) is 1. The fourth-order valence-corrected chi connectivity index (χ4v) is 1.97. The van der Waals surface area contributed by atoms with Gasteiger partial charge in [-0.25, -0.2) is 4.79 Å². The Kier molecular flexibility index (Phi) is 3.50. The van der Waals surface area contributed by atoms with Crippen LogP contribution in [0, 0.1) is 0 Å². The summed E-state index contributed by atoms with van der Waals surface area (Å²) in [7, 11) is 0. The van der Waals surface area contributed by atoms with Gasteiger partial charge in [0.15, 0.2) is 12.3 Å². The maximum atomic E-state index is 11.5. The lowest BCUT2D eigenvalue weighted by Crippen LogP contribution is -2.61. The standard InChI is InChI=1S/C9H14N2O7/c12-2-4-5(14)6(15)8(18-4)11-1-3(13)7(16)10-9(11)17/h3-6,8,12-15H,1-2H2,(H,10,16,17).